The van der Waals surface area contributed by atoms with Gasteiger partial charge in [-0.15, -0.1) is 0 Å². The Morgan fingerprint density at radius 3 is 1.96 bits per heavy atom. The molecule has 57 heavy (non-hydrogen) atoms. The topological polar surface area (TPSA) is 66.0 Å². The van der Waals surface area contributed by atoms with Crippen LogP contribution in [0.15, 0.2) is 180 Å². The molecule has 1 aliphatic heterocycles. The first-order valence-corrected chi connectivity index (χ1v) is 19.3. The maximum Gasteiger partial charge on any atom is 0.164 e. The summed E-state index contributed by atoms with van der Waals surface area (Å²) < 4.78 is 15.6. The van der Waals surface area contributed by atoms with E-state index < -0.39 is 0 Å². The zero-order valence-electron chi connectivity index (χ0n) is 30.6. The second kappa shape index (κ2) is 12.5. The van der Waals surface area contributed by atoms with Gasteiger partial charge in [-0.05, 0) is 59.7 Å². The van der Waals surface area contributed by atoms with Crippen molar-refractivity contribution in [3.05, 3.63) is 193 Å². The van der Waals surface area contributed by atoms with Gasteiger partial charge >= 0.3 is 0 Å². The number of para-hydroxylation sites is 3. The van der Waals surface area contributed by atoms with E-state index in [4.69, 9.17) is 24.1 Å². The maximum atomic E-state index is 6.97. The lowest BCUT2D eigenvalue weighted by Crippen LogP contribution is -2.14. The van der Waals surface area contributed by atoms with E-state index in [1.165, 1.54) is 10.9 Å². The highest BCUT2D eigenvalue weighted by Gasteiger charge is 2.42. The average Bonchev–Trinajstić information content (AvgIpc) is 3.96. The van der Waals surface area contributed by atoms with Crippen molar-refractivity contribution in [3.63, 3.8) is 0 Å². The Kier molecular flexibility index (Phi) is 6.95. The zero-order chi connectivity index (χ0) is 37.5. The highest BCUT2D eigenvalue weighted by molar-refractivity contribution is 6.05. The predicted octanol–water partition coefficient (Wildman–Crippen LogP) is 12.6. The van der Waals surface area contributed by atoms with Gasteiger partial charge in [-0.1, -0.05) is 133 Å². The largest absolute Gasteiger partial charge is 0.484 e. The SMILES string of the molecule is C1=CC2c3c(cccc3-c3nc(-c4ccc(-c5ccccc5)cc4)nc(-c4ccc5c(c4)oc4ccccc45)n3)OC2c2c1n(-c1ccccc1)c1ccccc21. The molecule has 4 heterocycles. The van der Waals surface area contributed by atoms with Crippen LogP contribution < -0.4 is 4.74 Å². The van der Waals surface area contributed by atoms with Crippen molar-refractivity contribution in [3.8, 4) is 56.7 Å². The molecule has 6 heteroatoms. The minimum atomic E-state index is -0.210. The third-order valence-electron chi connectivity index (χ3n) is 11.5. The summed E-state index contributed by atoms with van der Waals surface area (Å²) in [5.74, 6) is 2.57. The fraction of sp³-hybridized carbons (Fsp3) is 0.0392. The molecule has 1 aliphatic carbocycles. The Labute approximate surface area is 328 Å². The van der Waals surface area contributed by atoms with Crippen LogP contribution in [0.3, 0.4) is 0 Å². The summed E-state index contributed by atoms with van der Waals surface area (Å²) in [6, 6.07) is 58.6. The number of benzene rings is 7. The van der Waals surface area contributed by atoms with Crippen LogP contribution in [0.5, 0.6) is 5.75 Å². The molecule has 2 unspecified atom stereocenters. The lowest BCUT2D eigenvalue weighted by Gasteiger charge is -2.22. The van der Waals surface area contributed by atoms with Gasteiger partial charge in [0.15, 0.2) is 17.5 Å². The number of hydrogen-bond donors (Lipinski definition) is 0. The van der Waals surface area contributed by atoms with E-state index in [-0.39, 0.29) is 12.0 Å². The third-order valence-corrected chi connectivity index (χ3v) is 11.5. The van der Waals surface area contributed by atoms with Crippen molar-refractivity contribution < 1.29 is 9.15 Å². The van der Waals surface area contributed by atoms with Crippen molar-refractivity contribution in [2.24, 2.45) is 0 Å². The minimum Gasteiger partial charge on any atom is -0.484 e. The summed E-state index contributed by atoms with van der Waals surface area (Å²) in [4.78, 5) is 15.6. The summed E-state index contributed by atoms with van der Waals surface area (Å²) in [6.45, 7) is 0. The number of hydrogen-bond acceptors (Lipinski definition) is 5. The van der Waals surface area contributed by atoms with Gasteiger partial charge in [-0.3, -0.25) is 0 Å². The molecule has 0 bridgehead atoms. The first-order chi connectivity index (χ1) is 28.2. The molecule has 2 aliphatic rings. The number of ether oxygens (including phenoxy) is 1. The van der Waals surface area contributed by atoms with Crippen LogP contribution in [0.4, 0.5) is 0 Å². The lowest BCUT2D eigenvalue weighted by atomic mass is 9.83. The van der Waals surface area contributed by atoms with Crippen LogP contribution in [0.2, 0.25) is 0 Å². The van der Waals surface area contributed by atoms with Gasteiger partial charge in [-0.25, -0.2) is 15.0 Å². The summed E-state index contributed by atoms with van der Waals surface area (Å²) >= 11 is 0. The van der Waals surface area contributed by atoms with E-state index in [0.29, 0.717) is 17.5 Å². The molecular weight excluding hydrogens is 701 g/mol. The second-order valence-electron chi connectivity index (χ2n) is 14.7. The lowest BCUT2D eigenvalue weighted by molar-refractivity contribution is 0.224. The van der Waals surface area contributed by atoms with Crippen molar-refractivity contribution in [2.45, 2.75) is 12.0 Å². The Bertz CT molecular complexity index is 3220. The average molecular weight is 733 g/mol. The standard InChI is InChI=1S/C51H32N4O2/c1-3-12-31(13-4-1)32-22-24-33(25-23-32)49-52-50(34-26-27-37-36-16-8-10-20-43(36)56-45(37)30-34)54-51(53-49)40-18-11-21-44-46(40)39-28-29-42-47(48(39)57-44)38-17-7-9-19-41(38)55(42)35-14-5-2-6-15-35/h1-30,39,48H. The molecule has 10 aromatic rings. The molecule has 6 nitrogen and oxygen atoms in total. The van der Waals surface area contributed by atoms with E-state index in [9.17, 15) is 0 Å². The minimum absolute atomic E-state index is 0.0422. The van der Waals surface area contributed by atoms with Crippen LogP contribution >= 0.6 is 0 Å². The van der Waals surface area contributed by atoms with E-state index in [1.54, 1.807) is 0 Å². The monoisotopic (exact) mass is 732 g/mol. The van der Waals surface area contributed by atoms with E-state index in [2.05, 4.69) is 150 Å². The van der Waals surface area contributed by atoms with Crippen molar-refractivity contribution in [2.75, 3.05) is 0 Å². The first kappa shape index (κ1) is 31.7. The number of nitrogens with zero attached hydrogens (tertiary/aromatic N) is 4. The number of rotatable bonds is 5. The van der Waals surface area contributed by atoms with E-state index >= 15 is 0 Å². The van der Waals surface area contributed by atoms with Crippen molar-refractivity contribution in [1.82, 2.24) is 19.5 Å². The Hall–Kier alpha value is -7.57. The molecule has 268 valence electrons. The molecule has 0 fully saturated rings. The zero-order valence-corrected chi connectivity index (χ0v) is 30.6. The molecule has 3 aromatic heterocycles. The Balaban J connectivity index is 1.01. The number of fused-ring (bicyclic) bond motifs is 10. The molecule has 0 amide bonds. The second-order valence-corrected chi connectivity index (χ2v) is 14.7. The quantitative estimate of drug-likeness (QED) is 0.176. The van der Waals surface area contributed by atoms with Gasteiger partial charge in [0.05, 0.1) is 11.2 Å². The van der Waals surface area contributed by atoms with Crippen molar-refractivity contribution >= 4 is 38.9 Å². The van der Waals surface area contributed by atoms with Crippen LogP contribution in [0.1, 0.15) is 28.8 Å². The fourth-order valence-corrected chi connectivity index (χ4v) is 8.84. The highest BCUT2D eigenvalue weighted by atomic mass is 16.5. The van der Waals surface area contributed by atoms with Gasteiger partial charge in [0.25, 0.3) is 0 Å². The smallest absolute Gasteiger partial charge is 0.164 e. The van der Waals surface area contributed by atoms with Crippen LogP contribution in [-0.2, 0) is 0 Å². The first-order valence-electron chi connectivity index (χ1n) is 19.3. The molecule has 0 saturated heterocycles. The fourth-order valence-electron chi connectivity index (χ4n) is 8.84. The Morgan fingerprint density at radius 1 is 0.474 bits per heavy atom. The normalized spacial score (nSPS) is 15.4. The highest BCUT2D eigenvalue weighted by Crippen LogP contribution is 2.55. The van der Waals surface area contributed by atoms with Crippen LogP contribution in [0.25, 0.3) is 89.9 Å². The molecular formula is C51H32N4O2. The molecule has 7 aromatic carbocycles. The molecule has 2 atom stereocenters. The predicted molar refractivity (Wildman–Crippen MR) is 227 cm³/mol. The van der Waals surface area contributed by atoms with Crippen LogP contribution in [-0.4, -0.2) is 19.5 Å². The molecule has 0 radical (unpaired) electrons. The number of aromatic nitrogens is 4. The summed E-state index contributed by atoms with van der Waals surface area (Å²) in [5, 5.41) is 3.33. The Morgan fingerprint density at radius 2 is 1.12 bits per heavy atom. The third kappa shape index (κ3) is 5.00. The van der Waals surface area contributed by atoms with E-state index in [0.717, 1.165) is 78.0 Å². The number of furan rings is 1. The van der Waals surface area contributed by atoms with Gasteiger partial charge in [-0.2, -0.15) is 0 Å². The summed E-state index contributed by atoms with van der Waals surface area (Å²) in [5.41, 5.74) is 12.3. The van der Waals surface area contributed by atoms with Gasteiger partial charge in [0.1, 0.15) is 23.0 Å². The van der Waals surface area contributed by atoms with Gasteiger partial charge in [0.2, 0.25) is 0 Å². The molecule has 0 saturated carbocycles. The van der Waals surface area contributed by atoms with Crippen LogP contribution in [0, 0.1) is 0 Å². The molecule has 0 spiro atoms. The van der Waals surface area contributed by atoms with Gasteiger partial charge in [0, 0.05) is 55.6 Å². The summed E-state index contributed by atoms with van der Waals surface area (Å²) in [6.07, 6.45) is 4.35. The van der Waals surface area contributed by atoms with Gasteiger partial charge < -0.3 is 13.7 Å². The van der Waals surface area contributed by atoms with Crippen molar-refractivity contribution in [1.29, 1.82) is 0 Å². The maximum absolute atomic E-state index is 6.97. The van der Waals surface area contributed by atoms with E-state index in [1.807, 2.05) is 36.4 Å². The molecule has 12 rings (SSSR count). The summed E-state index contributed by atoms with van der Waals surface area (Å²) in [7, 11) is 0. The molecule has 0 N–H and O–H groups in total.